The monoisotopic (exact) mass is 464 g/mol. The summed E-state index contributed by atoms with van der Waals surface area (Å²) in [5.74, 6) is 0.500. The first-order chi connectivity index (χ1) is 15.5. The van der Waals surface area contributed by atoms with Gasteiger partial charge in [-0.3, -0.25) is 0 Å². The highest BCUT2D eigenvalue weighted by Crippen LogP contribution is 2.39. The van der Waals surface area contributed by atoms with Gasteiger partial charge in [-0.25, -0.2) is 9.97 Å². The van der Waals surface area contributed by atoms with Crippen LogP contribution in [0.3, 0.4) is 0 Å². The minimum absolute atomic E-state index is 0.500. The van der Waals surface area contributed by atoms with Crippen LogP contribution in [0, 0.1) is 0 Å². The lowest BCUT2D eigenvalue weighted by Crippen LogP contribution is -2.21. The number of nitrogen functional groups attached to an aromatic ring is 1. The molecule has 4 aromatic rings. The Labute approximate surface area is 197 Å². The number of nitrogens with zero attached hydrogens (tertiary/aromatic N) is 4. The van der Waals surface area contributed by atoms with E-state index in [1.807, 2.05) is 26.2 Å². The van der Waals surface area contributed by atoms with Crippen LogP contribution in [-0.2, 0) is 0 Å². The molecule has 0 saturated carbocycles. The molecule has 2 aromatic heterocycles. The molecule has 166 valence electrons. The Morgan fingerprint density at radius 1 is 0.906 bits per heavy atom. The van der Waals surface area contributed by atoms with Crippen molar-refractivity contribution in [3.8, 4) is 21.1 Å². The van der Waals surface area contributed by atoms with Gasteiger partial charge in [0.25, 0.3) is 0 Å². The largest absolute Gasteiger partial charge is 0.382 e. The molecule has 6 nitrogen and oxygen atoms in total. The average Bonchev–Trinajstić information content (AvgIpc) is 3.42. The lowest BCUT2D eigenvalue weighted by molar-refractivity contribution is 0.866. The van der Waals surface area contributed by atoms with Crippen molar-refractivity contribution in [3.63, 3.8) is 0 Å². The second-order valence-electron chi connectivity index (χ2n) is 7.56. The third-order valence-corrected chi connectivity index (χ3v) is 7.26. The van der Waals surface area contributed by atoms with E-state index in [-0.39, 0.29) is 0 Å². The van der Waals surface area contributed by atoms with Crippen molar-refractivity contribution < 1.29 is 0 Å². The van der Waals surface area contributed by atoms with E-state index in [1.165, 1.54) is 17.0 Å². The summed E-state index contributed by atoms with van der Waals surface area (Å²) in [6.45, 7) is 6.34. The van der Waals surface area contributed by atoms with Crippen molar-refractivity contribution in [3.05, 3.63) is 53.9 Å². The molecule has 0 bridgehead atoms. The van der Waals surface area contributed by atoms with Gasteiger partial charge in [0.1, 0.15) is 15.7 Å². The van der Waals surface area contributed by atoms with Crippen LogP contribution in [0.25, 0.3) is 21.1 Å². The smallest absolute Gasteiger partial charge is 0.189 e. The highest BCUT2D eigenvalue weighted by molar-refractivity contribution is 7.23. The number of thiazole rings is 2. The molecule has 0 spiro atoms. The fraction of sp³-hybridized carbons (Fsp3) is 0.250. The standard InChI is InChI=1S/C24H28N6S2/c1-5-30(6-2)19-11-7-16(8-12-19)20-15-31-23(27-20)21-22(25)28-24(32-21)26-17-9-13-18(14-10-17)29(3)4/h7-15H,5-6,25H2,1-4H3,(H,26,28). The number of rotatable bonds is 8. The van der Waals surface area contributed by atoms with Crippen LogP contribution >= 0.6 is 22.7 Å². The first-order valence-electron chi connectivity index (χ1n) is 10.6. The molecule has 0 fully saturated rings. The van der Waals surface area contributed by atoms with Crippen molar-refractivity contribution in [2.45, 2.75) is 13.8 Å². The third-order valence-electron chi connectivity index (χ3n) is 5.28. The maximum absolute atomic E-state index is 6.24. The van der Waals surface area contributed by atoms with Crippen LogP contribution in [0.2, 0.25) is 0 Å². The second-order valence-corrected chi connectivity index (χ2v) is 9.41. The van der Waals surface area contributed by atoms with E-state index < -0.39 is 0 Å². The predicted molar refractivity (Wildman–Crippen MR) is 141 cm³/mol. The molecule has 0 amide bonds. The summed E-state index contributed by atoms with van der Waals surface area (Å²) in [5, 5.41) is 7.07. The first kappa shape index (κ1) is 22.1. The van der Waals surface area contributed by atoms with Crippen molar-refractivity contribution in [1.29, 1.82) is 0 Å². The molecule has 0 atom stereocenters. The van der Waals surface area contributed by atoms with Gasteiger partial charge in [0.05, 0.1) is 5.69 Å². The molecular formula is C24H28N6S2. The fourth-order valence-electron chi connectivity index (χ4n) is 3.45. The van der Waals surface area contributed by atoms with Gasteiger partial charge in [-0.15, -0.1) is 11.3 Å². The van der Waals surface area contributed by atoms with Crippen LogP contribution in [-0.4, -0.2) is 37.2 Å². The number of nitrogens with two attached hydrogens (primary N) is 1. The van der Waals surface area contributed by atoms with Gasteiger partial charge in [-0.1, -0.05) is 23.5 Å². The molecule has 4 rings (SSSR count). The quantitative estimate of drug-likeness (QED) is 0.325. The molecule has 0 aliphatic rings. The summed E-state index contributed by atoms with van der Waals surface area (Å²) >= 11 is 3.11. The Balaban J connectivity index is 1.51. The minimum Gasteiger partial charge on any atom is -0.382 e. The van der Waals surface area contributed by atoms with Crippen molar-refractivity contribution in [1.82, 2.24) is 9.97 Å². The molecule has 2 aromatic carbocycles. The van der Waals surface area contributed by atoms with Crippen molar-refractivity contribution >= 4 is 50.7 Å². The van der Waals surface area contributed by atoms with Crippen LogP contribution in [0.4, 0.5) is 28.0 Å². The van der Waals surface area contributed by atoms with Crippen molar-refractivity contribution in [2.75, 3.05) is 48.0 Å². The van der Waals surface area contributed by atoms with E-state index in [1.54, 1.807) is 11.3 Å². The summed E-state index contributed by atoms with van der Waals surface area (Å²) < 4.78 is 0. The van der Waals surface area contributed by atoms with Gasteiger partial charge < -0.3 is 20.9 Å². The minimum atomic E-state index is 0.500. The lowest BCUT2D eigenvalue weighted by atomic mass is 10.1. The number of hydrogen-bond donors (Lipinski definition) is 2. The van der Waals surface area contributed by atoms with E-state index >= 15 is 0 Å². The average molecular weight is 465 g/mol. The van der Waals surface area contributed by atoms with Gasteiger partial charge in [0.2, 0.25) is 0 Å². The topological polar surface area (TPSA) is 70.3 Å². The Kier molecular flexibility index (Phi) is 6.62. The Bertz CT molecular complexity index is 1160. The SMILES string of the molecule is CCN(CC)c1ccc(-c2csc(-c3sc(Nc4ccc(N(C)C)cc4)nc3N)n2)cc1. The number of hydrogen-bond acceptors (Lipinski definition) is 8. The molecule has 32 heavy (non-hydrogen) atoms. The maximum Gasteiger partial charge on any atom is 0.189 e. The molecule has 0 aliphatic heterocycles. The summed E-state index contributed by atoms with van der Waals surface area (Å²) in [4.78, 5) is 14.6. The van der Waals surface area contributed by atoms with Crippen LogP contribution < -0.4 is 20.9 Å². The second kappa shape index (κ2) is 9.58. The van der Waals surface area contributed by atoms with Gasteiger partial charge >= 0.3 is 0 Å². The summed E-state index contributed by atoms with van der Waals surface area (Å²) in [5.41, 5.74) is 11.7. The molecule has 0 radical (unpaired) electrons. The molecule has 8 heteroatoms. The third kappa shape index (κ3) is 4.71. The van der Waals surface area contributed by atoms with E-state index in [9.17, 15) is 0 Å². The molecule has 3 N–H and O–H groups in total. The molecule has 0 saturated heterocycles. The van der Waals surface area contributed by atoms with Crippen LogP contribution in [0.1, 0.15) is 13.8 Å². The number of nitrogens with one attached hydrogen (secondary N) is 1. The predicted octanol–water partition coefficient (Wildman–Crippen LogP) is 6.17. The van der Waals surface area contributed by atoms with Gasteiger partial charge in [0, 0.05) is 55.2 Å². The zero-order valence-corrected chi connectivity index (χ0v) is 20.4. The summed E-state index contributed by atoms with van der Waals surface area (Å²) in [6.07, 6.45) is 0. The van der Waals surface area contributed by atoms with E-state index in [0.717, 1.165) is 50.7 Å². The fourth-order valence-corrected chi connectivity index (χ4v) is 5.28. The zero-order chi connectivity index (χ0) is 22.7. The Morgan fingerprint density at radius 2 is 1.56 bits per heavy atom. The summed E-state index contributed by atoms with van der Waals surface area (Å²) in [7, 11) is 4.05. The number of benzene rings is 2. The Morgan fingerprint density at radius 3 is 2.19 bits per heavy atom. The number of anilines is 5. The highest BCUT2D eigenvalue weighted by atomic mass is 32.1. The van der Waals surface area contributed by atoms with E-state index in [0.29, 0.717) is 5.82 Å². The maximum atomic E-state index is 6.24. The van der Waals surface area contributed by atoms with Gasteiger partial charge in [-0.2, -0.15) is 0 Å². The number of aromatic nitrogens is 2. The molecule has 2 heterocycles. The lowest BCUT2D eigenvalue weighted by Gasteiger charge is -2.20. The normalized spacial score (nSPS) is 10.9. The highest BCUT2D eigenvalue weighted by Gasteiger charge is 2.15. The molecular weight excluding hydrogens is 436 g/mol. The van der Waals surface area contributed by atoms with E-state index in [2.05, 4.69) is 75.7 Å². The van der Waals surface area contributed by atoms with E-state index in [4.69, 9.17) is 10.7 Å². The zero-order valence-electron chi connectivity index (χ0n) is 18.8. The molecule has 0 unspecified atom stereocenters. The van der Waals surface area contributed by atoms with Crippen molar-refractivity contribution in [2.24, 2.45) is 0 Å². The Hall–Kier alpha value is -3.10. The first-order valence-corrected chi connectivity index (χ1v) is 12.3. The van der Waals surface area contributed by atoms with Crippen LogP contribution in [0.5, 0.6) is 0 Å². The molecule has 0 aliphatic carbocycles. The van der Waals surface area contributed by atoms with Crippen LogP contribution in [0.15, 0.2) is 53.9 Å². The van der Waals surface area contributed by atoms with Gasteiger partial charge in [-0.05, 0) is 50.2 Å². The van der Waals surface area contributed by atoms with Gasteiger partial charge in [0.15, 0.2) is 5.13 Å². The summed E-state index contributed by atoms with van der Waals surface area (Å²) in [6, 6.07) is 16.8.